The monoisotopic (exact) mass is 596 g/mol. The van der Waals surface area contributed by atoms with Crippen LogP contribution >= 0.6 is 0 Å². The molecular weight excluding hydrogens is 540 g/mol. The number of likely N-dealkylation sites (tertiary alicyclic amines) is 2. The van der Waals surface area contributed by atoms with Crippen molar-refractivity contribution < 1.29 is 38.1 Å². The number of esters is 2. The first-order chi connectivity index (χ1) is 19.4. The van der Waals surface area contributed by atoms with Crippen molar-refractivity contribution in [3.63, 3.8) is 0 Å². The highest BCUT2D eigenvalue weighted by Gasteiger charge is 2.45. The van der Waals surface area contributed by atoms with Crippen LogP contribution in [-0.4, -0.2) is 83.5 Å². The smallest absolute Gasteiger partial charge is 0.410 e. The van der Waals surface area contributed by atoms with Gasteiger partial charge in [-0.25, -0.2) is 9.59 Å². The van der Waals surface area contributed by atoms with Crippen molar-refractivity contribution in [2.45, 2.75) is 144 Å². The highest BCUT2D eigenvalue weighted by molar-refractivity contribution is 5.80. The fourth-order valence-corrected chi connectivity index (χ4v) is 5.05. The summed E-state index contributed by atoms with van der Waals surface area (Å²) in [5.74, 6) is -0.689. The van der Waals surface area contributed by atoms with E-state index in [9.17, 15) is 19.2 Å². The third-order valence-corrected chi connectivity index (χ3v) is 9.04. The van der Waals surface area contributed by atoms with Crippen LogP contribution < -0.4 is 0 Å². The number of amides is 2. The zero-order chi connectivity index (χ0) is 31.9. The number of hydrogen-bond donors (Lipinski definition) is 0. The second-order valence-corrected chi connectivity index (χ2v) is 14.1. The quantitative estimate of drug-likeness (QED) is 0.197. The molecular formula is C32H56N2O8. The zero-order valence-electron chi connectivity index (χ0n) is 27.8. The Morgan fingerprint density at radius 3 is 1.29 bits per heavy atom. The second kappa shape index (κ2) is 14.3. The molecule has 2 aliphatic heterocycles. The van der Waals surface area contributed by atoms with E-state index in [2.05, 4.69) is 0 Å². The minimum absolute atomic E-state index is 0.280. The van der Waals surface area contributed by atoms with Crippen molar-refractivity contribution >= 4 is 24.1 Å². The summed E-state index contributed by atoms with van der Waals surface area (Å²) in [6.07, 6.45) is 3.14. The van der Waals surface area contributed by atoms with E-state index in [0.717, 1.165) is 12.8 Å². The van der Waals surface area contributed by atoms with Crippen LogP contribution in [0.15, 0.2) is 0 Å². The van der Waals surface area contributed by atoms with Crippen LogP contribution in [0.2, 0.25) is 0 Å². The van der Waals surface area contributed by atoms with E-state index in [4.69, 9.17) is 18.9 Å². The number of ether oxygens (including phenoxy) is 4. The van der Waals surface area contributed by atoms with Gasteiger partial charge in [0.25, 0.3) is 0 Å². The normalized spacial score (nSPS) is 19.1. The summed E-state index contributed by atoms with van der Waals surface area (Å²) in [5.41, 5.74) is -2.82. The number of hydrogen-bond acceptors (Lipinski definition) is 8. The van der Waals surface area contributed by atoms with E-state index in [-0.39, 0.29) is 42.8 Å². The average Bonchev–Trinajstić information content (AvgIpc) is 2.92. The van der Waals surface area contributed by atoms with Gasteiger partial charge >= 0.3 is 24.1 Å². The minimum Gasteiger partial charge on any atom is -0.462 e. The Bertz CT molecular complexity index is 946. The SMILES string of the molecule is CCC(C)(C)OC(=O)N1CCC(OC(=O)C(C)(C)CC(C)(CC)C(=O)OC2CCN(C(=O)OC(C)(C)CC)CC2)CC1. The summed E-state index contributed by atoms with van der Waals surface area (Å²) in [6, 6.07) is 0. The zero-order valence-corrected chi connectivity index (χ0v) is 27.8. The molecule has 2 saturated heterocycles. The highest BCUT2D eigenvalue weighted by atomic mass is 16.6. The highest BCUT2D eigenvalue weighted by Crippen LogP contribution is 2.40. The maximum Gasteiger partial charge on any atom is 0.410 e. The van der Waals surface area contributed by atoms with E-state index >= 15 is 0 Å². The van der Waals surface area contributed by atoms with Gasteiger partial charge in [0, 0.05) is 51.9 Å². The van der Waals surface area contributed by atoms with Crippen LogP contribution in [0.4, 0.5) is 9.59 Å². The van der Waals surface area contributed by atoms with Gasteiger partial charge in [0.05, 0.1) is 10.8 Å². The lowest BCUT2D eigenvalue weighted by Crippen LogP contribution is -2.46. The number of carbonyl (C=O) groups is 4. The molecule has 0 radical (unpaired) electrons. The molecule has 2 rings (SSSR count). The second-order valence-electron chi connectivity index (χ2n) is 14.1. The van der Waals surface area contributed by atoms with Crippen molar-refractivity contribution in [1.29, 1.82) is 0 Å². The van der Waals surface area contributed by atoms with Gasteiger partial charge in [-0.05, 0) is 74.1 Å². The number of rotatable bonds is 11. The summed E-state index contributed by atoms with van der Waals surface area (Å²) in [4.78, 5) is 55.0. The predicted molar refractivity (Wildman–Crippen MR) is 160 cm³/mol. The van der Waals surface area contributed by atoms with Crippen LogP contribution in [0.5, 0.6) is 0 Å². The van der Waals surface area contributed by atoms with Crippen LogP contribution in [0.1, 0.15) is 121 Å². The Labute approximate surface area is 253 Å². The van der Waals surface area contributed by atoms with E-state index < -0.39 is 22.0 Å². The Morgan fingerprint density at radius 1 is 0.595 bits per heavy atom. The first-order valence-corrected chi connectivity index (χ1v) is 15.7. The molecule has 0 aromatic rings. The van der Waals surface area contributed by atoms with Crippen LogP contribution in [0, 0.1) is 10.8 Å². The van der Waals surface area contributed by atoms with Gasteiger partial charge in [0.1, 0.15) is 23.4 Å². The van der Waals surface area contributed by atoms with Crippen LogP contribution in [0.3, 0.4) is 0 Å². The van der Waals surface area contributed by atoms with Crippen molar-refractivity contribution in [1.82, 2.24) is 9.80 Å². The Kier molecular flexibility index (Phi) is 12.1. The molecule has 2 aliphatic rings. The molecule has 42 heavy (non-hydrogen) atoms. The summed E-state index contributed by atoms with van der Waals surface area (Å²) < 4.78 is 23.0. The molecule has 0 aromatic heterocycles. The maximum absolute atomic E-state index is 13.4. The molecule has 2 fully saturated rings. The molecule has 2 heterocycles. The average molecular weight is 597 g/mol. The molecule has 10 heteroatoms. The Morgan fingerprint density at radius 2 is 0.952 bits per heavy atom. The van der Waals surface area contributed by atoms with Crippen LogP contribution in [0.25, 0.3) is 0 Å². The van der Waals surface area contributed by atoms with Gasteiger partial charge in [-0.2, -0.15) is 0 Å². The van der Waals surface area contributed by atoms with Gasteiger partial charge in [-0.15, -0.1) is 0 Å². The predicted octanol–water partition coefficient (Wildman–Crippen LogP) is 6.48. The van der Waals surface area contributed by atoms with Gasteiger partial charge in [-0.1, -0.05) is 20.8 Å². The maximum atomic E-state index is 13.4. The number of piperidine rings is 2. The first-order valence-electron chi connectivity index (χ1n) is 15.7. The summed E-state index contributed by atoms with van der Waals surface area (Å²) in [7, 11) is 0. The fourth-order valence-electron chi connectivity index (χ4n) is 5.05. The number of nitrogens with zero attached hydrogens (tertiary/aromatic N) is 2. The molecule has 0 N–H and O–H groups in total. The van der Waals surface area contributed by atoms with Crippen molar-refractivity contribution in [3.8, 4) is 0 Å². The van der Waals surface area contributed by atoms with Crippen LogP contribution in [-0.2, 0) is 28.5 Å². The van der Waals surface area contributed by atoms with E-state index in [0.29, 0.717) is 58.3 Å². The lowest BCUT2D eigenvalue weighted by molar-refractivity contribution is -0.170. The Hall–Kier alpha value is -2.52. The third-order valence-electron chi connectivity index (χ3n) is 9.04. The summed E-state index contributed by atoms with van der Waals surface area (Å²) in [6.45, 7) is 20.7. The number of carbonyl (C=O) groups excluding carboxylic acids is 4. The topological polar surface area (TPSA) is 112 Å². The molecule has 0 aromatic carbocycles. The summed E-state index contributed by atoms with van der Waals surface area (Å²) in [5, 5.41) is 0. The summed E-state index contributed by atoms with van der Waals surface area (Å²) >= 11 is 0. The Balaban J connectivity index is 1.87. The van der Waals surface area contributed by atoms with E-state index in [1.165, 1.54) is 0 Å². The molecule has 0 spiro atoms. The molecule has 242 valence electrons. The van der Waals surface area contributed by atoms with Gasteiger partial charge < -0.3 is 28.7 Å². The lowest BCUT2D eigenvalue weighted by atomic mass is 9.72. The van der Waals surface area contributed by atoms with Gasteiger partial charge in [0.2, 0.25) is 0 Å². The van der Waals surface area contributed by atoms with E-state index in [1.807, 2.05) is 55.4 Å². The largest absolute Gasteiger partial charge is 0.462 e. The van der Waals surface area contributed by atoms with E-state index in [1.54, 1.807) is 23.6 Å². The molecule has 0 aliphatic carbocycles. The molecule has 0 saturated carbocycles. The van der Waals surface area contributed by atoms with Crippen molar-refractivity contribution in [2.75, 3.05) is 26.2 Å². The molecule has 10 nitrogen and oxygen atoms in total. The molecule has 0 bridgehead atoms. The molecule has 2 amide bonds. The molecule has 1 unspecified atom stereocenters. The molecule has 1 atom stereocenters. The fraction of sp³-hybridized carbons (Fsp3) is 0.875. The van der Waals surface area contributed by atoms with Gasteiger partial charge in [-0.3, -0.25) is 9.59 Å². The first kappa shape index (κ1) is 35.7. The minimum atomic E-state index is -0.913. The standard InChI is InChI=1S/C32H56N2O8/c1-11-30(6,7)41-27(37)33-18-14-23(15-19-33)39-25(35)29(4,5)22-32(10,13-3)26(36)40-24-16-20-34(21-17-24)28(38)42-31(8,9)12-2/h23-24H,11-22H2,1-10H3. The third kappa shape index (κ3) is 10.0. The lowest BCUT2D eigenvalue weighted by Gasteiger charge is -2.38. The van der Waals surface area contributed by atoms with Gasteiger partial charge in [0.15, 0.2) is 0 Å². The van der Waals surface area contributed by atoms with Crippen molar-refractivity contribution in [2.24, 2.45) is 10.8 Å². The van der Waals surface area contributed by atoms with Crippen molar-refractivity contribution in [3.05, 3.63) is 0 Å².